The Hall–Kier alpha value is -3.45. The van der Waals surface area contributed by atoms with Crippen molar-refractivity contribution in [2.24, 2.45) is 5.92 Å². The number of hydrogen-bond donors (Lipinski definition) is 2. The van der Waals surface area contributed by atoms with Gasteiger partial charge in [0.15, 0.2) is 0 Å². The molecule has 2 aliphatic heterocycles. The van der Waals surface area contributed by atoms with Crippen molar-refractivity contribution in [2.75, 3.05) is 0 Å². The molecule has 2 N–H and O–H groups in total. The molecule has 1 aromatic heterocycles. The maximum absolute atomic E-state index is 12.4. The van der Waals surface area contributed by atoms with Crippen LogP contribution in [0.15, 0.2) is 57.4 Å². The zero-order chi connectivity index (χ0) is 20.4. The van der Waals surface area contributed by atoms with Crippen molar-refractivity contribution < 1.29 is 24.2 Å². The van der Waals surface area contributed by atoms with Crippen LogP contribution in [0.1, 0.15) is 18.9 Å². The second-order valence-electron chi connectivity index (χ2n) is 7.52. The monoisotopic (exact) mass is 391 g/mol. The first kappa shape index (κ1) is 17.6. The Bertz CT molecular complexity index is 1300. The molecule has 5 rings (SSSR count). The summed E-state index contributed by atoms with van der Waals surface area (Å²) >= 11 is 0. The summed E-state index contributed by atoms with van der Waals surface area (Å²) in [5.41, 5.74) is 1.10. The molecule has 2 aliphatic rings. The van der Waals surface area contributed by atoms with Gasteiger partial charge in [-0.15, -0.1) is 0 Å². The Kier molecular flexibility index (Phi) is 3.66. The first-order chi connectivity index (χ1) is 13.9. The molecular weight excluding hydrogens is 374 g/mol. The number of carboxylic acid groups (broad SMARTS) is 1. The van der Waals surface area contributed by atoms with Crippen LogP contribution in [0.2, 0.25) is 0 Å². The molecule has 1 fully saturated rings. The number of para-hydroxylation sites is 1. The van der Waals surface area contributed by atoms with Crippen molar-refractivity contribution in [1.29, 1.82) is 0 Å². The summed E-state index contributed by atoms with van der Waals surface area (Å²) in [4.78, 5) is 38.0. The number of nitrogens with zero attached hydrogens (tertiary/aromatic N) is 1. The normalized spacial score (nSPS) is 22.1. The summed E-state index contributed by atoms with van der Waals surface area (Å²) in [7, 11) is 0. The molecule has 3 heterocycles. The van der Waals surface area contributed by atoms with Crippen LogP contribution in [-0.4, -0.2) is 39.1 Å². The van der Waals surface area contributed by atoms with Crippen molar-refractivity contribution in [2.45, 2.75) is 25.5 Å². The number of benzene rings is 2. The predicted octanol–water partition coefficient (Wildman–Crippen LogP) is 2.35. The summed E-state index contributed by atoms with van der Waals surface area (Å²) in [6, 6.07) is 11.9. The standard InChI is InChI=1S/C22H17NO6/c1-10(24)18-16-9-14(19(21(26)27)23(16)20(18)25)11-6-7-13-15(8-11)12-4-2-3-5-17(12)29-22(13)28/h2-8,10,16,18,24H,9H2,1H3,(H,26,27)/t10-,16?,18-/m1/s1. The number of carbonyl (C=O) groups excluding carboxylic acids is 1. The van der Waals surface area contributed by atoms with Gasteiger partial charge in [0, 0.05) is 10.8 Å². The highest BCUT2D eigenvalue weighted by Gasteiger charge is 2.56. The van der Waals surface area contributed by atoms with Crippen LogP contribution in [0, 0.1) is 5.92 Å². The van der Waals surface area contributed by atoms with E-state index in [1.165, 1.54) is 4.90 Å². The highest BCUT2D eigenvalue weighted by atomic mass is 16.4. The third kappa shape index (κ3) is 2.37. The molecule has 3 atom stereocenters. The van der Waals surface area contributed by atoms with E-state index in [2.05, 4.69) is 0 Å². The van der Waals surface area contributed by atoms with E-state index in [-0.39, 0.29) is 17.6 Å². The van der Waals surface area contributed by atoms with E-state index in [4.69, 9.17) is 4.42 Å². The highest BCUT2D eigenvalue weighted by molar-refractivity contribution is 6.09. The zero-order valence-electron chi connectivity index (χ0n) is 15.5. The summed E-state index contributed by atoms with van der Waals surface area (Å²) in [5.74, 6) is -2.16. The SMILES string of the molecule is C[C@@H](O)[C@H]1C(=O)N2C(C(=O)O)=C(c3ccc4c(=O)oc5ccccc5c4c3)CC12. The molecule has 2 aromatic carbocycles. The van der Waals surface area contributed by atoms with Gasteiger partial charge >= 0.3 is 11.6 Å². The Morgan fingerprint density at radius 3 is 2.62 bits per heavy atom. The Labute approximate surface area is 164 Å². The van der Waals surface area contributed by atoms with Crippen molar-refractivity contribution in [3.8, 4) is 0 Å². The molecule has 7 heteroatoms. The second-order valence-corrected chi connectivity index (χ2v) is 7.52. The fourth-order valence-electron chi connectivity index (χ4n) is 4.59. The number of carboxylic acids is 1. The van der Waals surface area contributed by atoms with Gasteiger partial charge in [-0.05, 0) is 42.7 Å². The van der Waals surface area contributed by atoms with Gasteiger partial charge in [-0.2, -0.15) is 0 Å². The number of aliphatic carboxylic acids is 1. The van der Waals surface area contributed by atoms with Crippen LogP contribution in [-0.2, 0) is 9.59 Å². The number of rotatable bonds is 3. The van der Waals surface area contributed by atoms with Gasteiger partial charge in [0.2, 0.25) is 5.91 Å². The number of fused-ring (bicyclic) bond motifs is 4. The number of hydrogen-bond acceptors (Lipinski definition) is 5. The maximum atomic E-state index is 12.4. The van der Waals surface area contributed by atoms with Crippen molar-refractivity contribution in [1.82, 2.24) is 4.90 Å². The molecule has 29 heavy (non-hydrogen) atoms. The minimum atomic E-state index is -1.18. The molecule has 0 radical (unpaired) electrons. The van der Waals surface area contributed by atoms with Crippen LogP contribution in [0.3, 0.4) is 0 Å². The van der Waals surface area contributed by atoms with Gasteiger partial charge in [-0.25, -0.2) is 9.59 Å². The first-order valence-corrected chi connectivity index (χ1v) is 9.32. The van der Waals surface area contributed by atoms with Crippen LogP contribution < -0.4 is 5.63 Å². The van der Waals surface area contributed by atoms with Gasteiger partial charge in [0.25, 0.3) is 0 Å². The number of aliphatic hydroxyl groups excluding tert-OH is 1. The number of carbonyl (C=O) groups is 2. The van der Waals surface area contributed by atoms with E-state index >= 15 is 0 Å². The zero-order valence-corrected chi connectivity index (χ0v) is 15.5. The predicted molar refractivity (Wildman–Crippen MR) is 105 cm³/mol. The Morgan fingerprint density at radius 2 is 1.90 bits per heavy atom. The van der Waals surface area contributed by atoms with Gasteiger partial charge in [-0.1, -0.05) is 24.3 Å². The van der Waals surface area contributed by atoms with Crippen LogP contribution >= 0.6 is 0 Å². The average Bonchev–Trinajstić information content (AvgIpc) is 3.03. The molecule has 0 saturated carbocycles. The van der Waals surface area contributed by atoms with Crippen molar-refractivity contribution >= 4 is 39.2 Å². The summed E-state index contributed by atoms with van der Waals surface area (Å²) in [5, 5.41) is 21.5. The molecule has 7 nitrogen and oxygen atoms in total. The summed E-state index contributed by atoms with van der Waals surface area (Å²) in [6.07, 6.45) is -0.503. The number of β-lactam (4-membered cyclic amide) rings is 1. The number of aliphatic hydroxyl groups is 1. The lowest BCUT2D eigenvalue weighted by Crippen LogP contribution is -2.61. The van der Waals surface area contributed by atoms with E-state index < -0.39 is 23.6 Å². The lowest BCUT2D eigenvalue weighted by Gasteiger charge is -2.44. The molecule has 1 saturated heterocycles. The highest BCUT2D eigenvalue weighted by Crippen LogP contribution is 2.47. The van der Waals surface area contributed by atoms with Crippen LogP contribution in [0.25, 0.3) is 27.3 Å². The largest absolute Gasteiger partial charge is 0.477 e. The second kappa shape index (κ2) is 6.02. The minimum Gasteiger partial charge on any atom is -0.477 e. The third-order valence-electron chi connectivity index (χ3n) is 5.90. The lowest BCUT2D eigenvalue weighted by molar-refractivity contribution is -0.161. The molecule has 1 amide bonds. The summed E-state index contributed by atoms with van der Waals surface area (Å²) in [6.45, 7) is 1.54. The topological polar surface area (TPSA) is 108 Å². The molecule has 146 valence electrons. The minimum absolute atomic E-state index is 0.0523. The van der Waals surface area contributed by atoms with E-state index in [1.807, 2.05) is 12.1 Å². The number of amides is 1. The van der Waals surface area contributed by atoms with Gasteiger partial charge in [-0.3, -0.25) is 4.79 Å². The van der Waals surface area contributed by atoms with Crippen molar-refractivity contribution in [3.05, 3.63) is 64.1 Å². The van der Waals surface area contributed by atoms with Crippen molar-refractivity contribution in [3.63, 3.8) is 0 Å². The van der Waals surface area contributed by atoms with E-state index in [0.717, 1.165) is 5.39 Å². The van der Waals surface area contributed by atoms with Gasteiger partial charge in [0.1, 0.15) is 11.3 Å². The molecule has 3 aromatic rings. The van der Waals surface area contributed by atoms with Crippen LogP contribution in [0.5, 0.6) is 0 Å². The maximum Gasteiger partial charge on any atom is 0.352 e. The summed E-state index contributed by atoms with van der Waals surface area (Å²) < 4.78 is 5.36. The van der Waals surface area contributed by atoms with Gasteiger partial charge < -0.3 is 19.5 Å². The molecule has 0 aliphatic carbocycles. The third-order valence-corrected chi connectivity index (χ3v) is 5.90. The molecule has 0 spiro atoms. The fraction of sp³-hybridized carbons (Fsp3) is 0.227. The molecule has 0 bridgehead atoms. The van der Waals surface area contributed by atoms with E-state index in [0.29, 0.717) is 33.9 Å². The van der Waals surface area contributed by atoms with E-state index in [9.17, 15) is 24.6 Å². The smallest absolute Gasteiger partial charge is 0.352 e. The average molecular weight is 391 g/mol. The van der Waals surface area contributed by atoms with Crippen LogP contribution in [0.4, 0.5) is 0 Å². The van der Waals surface area contributed by atoms with Gasteiger partial charge in [0.05, 0.1) is 23.4 Å². The Morgan fingerprint density at radius 1 is 1.14 bits per heavy atom. The quantitative estimate of drug-likeness (QED) is 0.403. The first-order valence-electron chi connectivity index (χ1n) is 9.32. The van der Waals surface area contributed by atoms with E-state index in [1.54, 1.807) is 37.3 Å². The fourth-order valence-corrected chi connectivity index (χ4v) is 4.59. The lowest BCUT2D eigenvalue weighted by atomic mass is 9.82. The molecule has 1 unspecified atom stereocenters. The molecular formula is C22H17NO6. The Balaban J connectivity index is 1.71.